The summed E-state index contributed by atoms with van der Waals surface area (Å²) >= 11 is 8.07. The smallest absolute Gasteiger partial charge is 0.0575 e. The van der Waals surface area contributed by atoms with Crippen molar-refractivity contribution in [2.24, 2.45) is 0 Å². The minimum atomic E-state index is 0.109. The fourth-order valence-electron chi connectivity index (χ4n) is 4.41. The fraction of sp³-hybridized carbons (Fsp3) is 0.0345. The number of hydrogen-bond acceptors (Lipinski definition) is 2. The largest absolute Gasteiger partial charge is 0.354 e. The topological polar surface area (TPSA) is 27.8 Å². The summed E-state index contributed by atoms with van der Waals surface area (Å²) in [5.74, 6) is 0. The number of nitrogens with one attached hydrogen (secondary N) is 2. The summed E-state index contributed by atoms with van der Waals surface area (Å²) in [6.45, 7) is 0. The molecule has 1 atom stereocenters. The summed E-state index contributed by atoms with van der Waals surface area (Å²) < 4.78 is 0. The molecule has 1 aliphatic rings. The Morgan fingerprint density at radius 2 is 1.42 bits per heavy atom. The minimum absolute atomic E-state index is 0.109. The molecule has 0 amide bonds. The molecule has 0 spiro atoms. The lowest BCUT2D eigenvalue weighted by Gasteiger charge is -2.15. The van der Waals surface area contributed by atoms with Gasteiger partial charge in [0.15, 0.2) is 0 Å². The second-order valence-corrected chi connectivity index (χ2v) is 9.69. The van der Waals surface area contributed by atoms with Crippen LogP contribution in [0.2, 0.25) is 5.02 Å². The minimum Gasteiger partial charge on any atom is -0.354 e. The van der Waals surface area contributed by atoms with Crippen LogP contribution in [0.15, 0.2) is 114 Å². The summed E-state index contributed by atoms with van der Waals surface area (Å²) in [4.78, 5) is 4.92. The van der Waals surface area contributed by atoms with E-state index in [1.54, 1.807) is 0 Å². The Labute approximate surface area is 202 Å². The van der Waals surface area contributed by atoms with Gasteiger partial charge < -0.3 is 10.3 Å². The molecule has 1 unspecified atom stereocenters. The normalized spacial score (nSPS) is 15.4. The molecule has 4 aromatic carbocycles. The van der Waals surface area contributed by atoms with Gasteiger partial charge in [-0.15, -0.1) is 11.8 Å². The molecule has 0 bridgehead atoms. The quantitative estimate of drug-likeness (QED) is 0.279. The van der Waals surface area contributed by atoms with E-state index in [4.69, 9.17) is 11.6 Å². The predicted octanol–water partition coefficient (Wildman–Crippen LogP) is 8.79. The number of H-pyrrole nitrogens is 1. The Hall–Kier alpha value is -3.40. The lowest BCUT2D eigenvalue weighted by Crippen LogP contribution is -1.99. The van der Waals surface area contributed by atoms with Crippen molar-refractivity contribution < 1.29 is 0 Å². The lowest BCUT2D eigenvalue weighted by atomic mass is 10.0. The van der Waals surface area contributed by atoms with Gasteiger partial charge in [-0.3, -0.25) is 0 Å². The number of hydrogen-bond donors (Lipinski definition) is 2. The number of aromatic amines is 1. The van der Waals surface area contributed by atoms with Crippen LogP contribution in [0.3, 0.4) is 0 Å². The number of aromatic nitrogens is 1. The maximum atomic E-state index is 6.20. The van der Waals surface area contributed by atoms with E-state index in [9.17, 15) is 0 Å². The van der Waals surface area contributed by atoms with Gasteiger partial charge in [0, 0.05) is 32.1 Å². The first-order chi connectivity index (χ1) is 16.3. The zero-order valence-corrected chi connectivity index (χ0v) is 19.3. The monoisotopic (exact) mass is 464 g/mol. The van der Waals surface area contributed by atoms with E-state index in [1.165, 1.54) is 21.4 Å². The molecule has 1 aliphatic heterocycles. The molecule has 0 saturated heterocycles. The Morgan fingerprint density at radius 1 is 0.697 bits per heavy atom. The van der Waals surface area contributed by atoms with Gasteiger partial charge in [0.2, 0.25) is 0 Å². The van der Waals surface area contributed by atoms with Crippen molar-refractivity contribution in [1.29, 1.82) is 0 Å². The second-order valence-electron chi connectivity index (χ2n) is 8.07. The SMILES string of the molecule is Clc1ccc(-c2[nH]c3ccccc3c2C2C=C(c3ccccc3)Nc3ccccc3S2)cc1. The van der Waals surface area contributed by atoms with E-state index < -0.39 is 0 Å². The highest BCUT2D eigenvalue weighted by molar-refractivity contribution is 8.00. The van der Waals surface area contributed by atoms with Crippen LogP contribution in [0.4, 0.5) is 5.69 Å². The average Bonchev–Trinajstić information content (AvgIpc) is 3.13. The number of para-hydroxylation sites is 2. The molecule has 0 saturated carbocycles. The number of anilines is 1. The number of halogens is 1. The van der Waals surface area contributed by atoms with Gasteiger partial charge in [-0.1, -0.05) is 84.4 Å². The number of benzene rings is 4. The molecule has 2 nitrogen and oxygen atoms in total. The van der Waals surface area contributed by atoms with Crippen molar-refractivity contribution in [1.82, 2.24) is 4.98 Å². The van der Waals surface area contributed by atoms with Crippen LogP contribution >= 0.6 is 23.4 Å². The van der Waals surface area contributed by atoms with Crippen LogP contribution in [-0.4, -0.2) is 4.98 Å². The van der Waals surface area contributed by atoms with Crippen LogP contribution < -0.4 is 5.32 Å². The summed E-state index contributed by atoms with van der Waals surface area (Å²) in [6, 6.07) is 35.7. The second kappa shape index (κ2) is 8.51. The zero-order valence-electron chi connectivity index (χ0n) is 17.8. The first kappa shape index (κ1) is 20.2. The van der Waals surface area contributed by atoms with E-state index in [-0.39, 0.29) is 5.25 Å². The first-order valence-corrected chi connectivity index (χ1v) is 12.2. The molecule has 2 N–H and O–H groups in total. The van der Waals surface area contributed by atoms with Gasteiger partial charge in [-0.25, -0.2) is 0 Å². The van der Waals surface area contributed by atoms with Gasteiger partial charge in [0.1, 0.15) is 0 Å². The predicted molar refractivity (Wildman–Crippen MR) is 142 cm³/mol. The van der Waals surface area contributed by atoms with Crippen LogP contribution in [0.5, 0.6) is 0 Å². The van der Waals surface area contributed by atoms with Gasteiger partial charge in [0.25, 0.3) is 0 Å². The molecular formula is C29H21ClN2S. The summed E-state index contributed by atoms with van der Waals surface area (Å²) in [5.41, 5.74) is 8.11. The average molecular weight is 465 g/mol. The van der Waals surface area contributed by atoms with E-state index in [0.717, 1.165) is 33.2 Å². The van der Waals surface area contributed by atoms with Crippen molar-refractivity contribution in [2.75, 3.05) is 5.32 Å². The molecule has 1 aromatic heterocycles. The number of rotatable bonds is 3. The van der Waals surface area contributed by atoms with Crippen LogP contribution in [0, 0.1) is 0 Å². The summed E-state index contributed by atoms with van der Waals surface area (Å²) in [7, 11) is 0. The van der Waals surface area contributed by atoms with Crippen molar-refractivity contribution in [3.05, 3.63) is 125 Å². The molecule has 0 radical (unpaired) electrons. The number of fused-ring (bicyclic) bond motifs is 2. The molecule has 2 heterocycles. The summed E-state index contributed by atoms with van der Waals surface area (Å²) in [5, 5.41) is 5.78. The standard InChI is InChI=1S/C29H21ClN2S/c30-21-16-14-20(15-17-21)29-28(22-10-4-5-11-23(22)32-29)27-18-25(19-8-2-1-3-9-19)31-24-12-6-7-13-26(24)33-27/h1-18,27,31-32H. The molecule has 160 valence electrons. The van der Waals surface area contributed by atoms with Gasteiger partial charge in [-0.2, -0.15) is 0 Å². The third-order valence-corrected chi connectivity index (χ3v) is 7.46. The van der Waals surface area contributed by atoms with Crippen molar-refractivity contribution in [2.45, 2.75) is 10.1 Å². The third kappa shape index (κ3) is 3.84. The third-order valence-electron chi connectivity index (χ3n) is 5.98. The summed E-state index contributed by atoms with van der Waals surface area (Å²) in [6.07, 6.45) is 2.36. The maximum Gasteiger partial charge on any atom is 0.0575 e. The Balaban J connectivity index is 1.59. The van der Waals surface area contributed by atoms with Crippen molar-refractivity contribution in [3.63, 3.8) is 0 Å². The van der Waals surface area contributed by atoms with Gasteiger partial charge in [0.05, 0.1) is 16.6 Å². The van der Waals surface area contributed by atoms with Crippen molar-refractivity contribution >= 4 is 45.7 Å². The maximum absolute atomic E-state index is 6.20. The lowest BCUT2D eigenvalue weighted by molar-refractivity contribution is 1.24. The molecule has 0 fully saturated rings. The van der Waals surface area contributed by atoms with E-state index in [2.05, 4.69) is 107 Å². The van der Waals surface area contributed by atoms with Crippen LogP contribution in [0.25, 0.3) is 27.9 Å². The van der Waals surface area contributed by atoms with E-state index >= 15 is 0 Å². The Kier molecular flexibility index (Phi) is 5.21. The Morgan fingerprint density at radius 3 is 2.27 bits per heavy atom. The Bertz CT molecular complexity index is 1470. The molecule has 0 aliphatic carbocycles. The van der Waals surface area contributed by atoms with Crippen molar-refractivity contribution in [3.8, 4) is 11.3 Å². The van der Waals surface area contributed by atoms with Crippen LogP contribution in [-0.2, 0) is 0 Å². The van der Waals surface area contributed by atoms with E-state index in [1.807, 2.05) is 23.9 Å². The molecule has 4 heteroatoms. The first-order valence-electron chi connectivity index (χ1n) is 10.9. The molecule has 33 heavy (non-hydrogen) atoms. The highest BCUT2D eigenvalue weighted by atomic mass is 35.5. The highest BCUT2D eigenvalue weighted by Crippen LogP contribution is 2.49. The van der Waals surface area contributed by atoms with Crippen LogP contribution in [0.1, 0.15) is 16.4 Å². The molecule has 6 rings (SSSR count). The zero-order chi connectivity index (χ0) is 22.2. The van der Waals surface area contributed by atoms with E-state index in [0.29, 0.717) is 0 Å². The molecule has 5 aromatic rings. The molecular weight excluding hydrogens is 444 g/mol. The fourth-order valence-corrected chi connectivity index (χ4v) is 5.78. The van der Waals surface area contributed by atoms with Gasteiger partial charge >= 0.3 is 0 Å². The number of thioether (sulfide) groups is 1. The van der Waals surface area contributed by atoms with Gasteiger partial charge in [-0.05, 0) is 47.5 Å². The highest BCUT2D eigenvalue weighted by Gasteiger charge is 2.25.